The average Bonchev–Trinajstić information content (AvgIpc) is 3.14. The quantitative estimate of drug-likeness (QED) is 0.853. The van der Waals surface area contributed by atoms with Crippen molar-refractivity contribution in [3.8, 4) is 0 Å². The molecule has 0 radical (unpaired) electrons. The molecule has 2 aliphatic heterocycles. The van der Waals surface area contributed by atoms with Crippen LogP contribution in [0.4, 0.5) is 4.79 Å². The zero-order valence-electron chi connectivity index (χ0n) is 15.4. The normalized spacial score (nSPS) is 25.3. The topological polar surface area (TPSA) is 73.5 Å². The number of likely N-dealkylation sites (tertiary alicyclic amines) is 1. The van der Waals surface area contributed by atoms with Gasteiger partial charge >= 0.3 is 6.03 Å². The average molecular weight is 349 g/mol. The Morgan fingerprint density at radius 2 is 2.32 bits per heavy atom. The fourth-order valence-corrected chi connectivity index (χ4v) is 3.85. The highest BCUT2D eigenvalue weighted by molar-refractivity contribution is 5.74. The Morgan fingerprint density at radius 3 is 3.08 bits per heavy atom. The summed E-state index contributed by atoms with van der Waals surface area (Å²) >= 11 is 0. The standard InChI is InChI=1S/C18H31N5O2/c1-14(2)12-22-7-8-25-16(13-22)11-19-18(24)23-6-4-3-5-17(23)15-9-20-21-10-15/h9-10,14,16-17H,3-8,11-13H2,1-2H3,(H,19,24)(H,20,21)/t16-,17-/m1/s1. The van der Waals surface area contributed by atoms with E-state index in [1.54, 1.807) is 0 Å². The second-order valence-corrected chi connectivity index (χ2v) is 7.57. The summed E-state index contributed by atoms with van der Waals surface area (Å²) in [6, 6.07) is 0.132. The van der Waals surface area contributed by atoms with E-state index in [9.17, 15) is 4.79 Å². The van der Waals surface area contributed by atoms with Crippen molar-refractivity contribution >= 4 is 6.03 Å². The molecule has 3 heterocycles. The first-order valence-corrected chi connectivity index (χ1v) is 9.50. The number of carbonyl (C=O) groups excluding carboxylic acids is 1. The summed E-state index contributed by atoms with van der Waals surface area (Å²) in [7, 11) is 0. The Bertz CT molecular complexity index is 534. The summed E-state index contributed by atoms with van der Waals surface area (Å²) in [6.07, 6.45) is 7.00. The van der Waals surface area contributed by atoms with Crippen LogP contribution in [0.15, 0.2) is 12.4 Å². The smallest absolute Gasteiger partial charge is 0.318 e. The maximum atomic E-state index is 12.7. The Hall–Kier alpha value is -1.60. The molecule has 2 aliphatic rings. The number of nitrogens with zero attached hydrogens (tertiary/aromatic N) is 3. The zero-order chi connectivity index (χ0) is 17.6. The molecule has 25 heavy (non-hydrogen) atoms. The van der Waals surface area contributed by atoms with E-state index in [-0.39, 0.29) is 18.2 Å². The number of morpholine rings is 1. The third-order valence-corrected chi connectivity index (χ3v) is 5.00. The number of aromatic amines is 1. The van der Waals surface area contributed by atoms with Crippen LogP contribution >= 0.6 is 0 Å². The summed E-state index contributed by atoms with van der Waals surface area (Å²) < 4.78 is 5.84. The number of aromatic nitrogens is 2. The van der Waals surface area contributed by atoms with Crippen molar-refractivity contribution in [2.24, 2.45) is 5.92 Å². The highest BCUT2D eigenvalue weighted by Gasteiger charge is 2.29. The largest absolute Gasteiger partial charge is 0.374 e. The van der Waals surface area contributed by atoms with Gasteiger partial charge in [0.15, 0.2) is 0 Å². The van der Waals surface area contributed by atoms with Gasteiger partial charge in [-0.2, -0.15) is 5.10 Å². The molecule has 1 aromatic heterocycles. The molecule has 2 amide bonds. The van der Waals surface area contributed by atoms with Crippen molar-refractivity contribution in [1.29, 1.82) is 0 Å². The molecule has 0 bridgehead atoms. The second kappa shape index (κ2) is 8.67. The second-order valence-electron chi connectivity index (χ2n) is 7.57. The van der Waals surface area contributed by atoms with Crippen molar-refractivity contribution in [1.82, 2.24) is 25.3 Å². The monoisotopic (exact) mass is 349 g/mol. The van der Waals surface area contributed by atoms with Gasteiger partial charge in [-0.25, -0.2) is 4.79 Å². The van der Waals surface area contributed by atoms with Crippen LogP contribution in [0.2, 0.25) is 0 Å². The zero-order valence-corrected chi connectivity index (χ0v) is 15.4. The first-order chi connectivity index (χ1) is 12.1. The van der Waals surface area contributed by atoms with Crippen LogP contribution in [0, 0.1) is 5.92 Å². The Kier molecular flexibility index (Phi) is 6.31. The summed E-state index contributed by atoms with van der Waals surface area (Å²) in [5, 5.41) is 9.98. The van der Waals surface area contributed by atoms with Crippen LogP contribution in [0.3, 0.4) is 0 Å². The van der Waals surface area contributed by atoms with E-state index >= 15 is 0 Å². The van der Waals surface area contributed by atoms with E-state index < -0.39 is 0 Å². The molecule has 7 heteroatoms. The van der Waals surface area contributed by atoms with E-state index in [0.29, 0.717) is 12.5 Å². The summed E-state index contributed by atoms with van der Waals surface area (Å²) in [4.78, 5) is 17.1. The van der Waals surface area contributed by atoms with E-state index in [1.165, 1.54) is 0 Å². The molecular weight excluding hydrogens is 318 g/mol. The van der Waals surface area contributed by atoms with Crippen LogP contribution < -0.4 is 5.32 Å². The molecule has 0 aliphatic carbocycles. The van der Waals surface area contributed by atoms with Crippen LogP contribution in [-0.2, 0) is 4.74 Å². The lowest BCUT2D eigenvalue weighted by atomic mass is 9.98. The maximum absolute atomic E-state index is 12.7. The number of hydrogen-bond acceptors (Lipinski definition) is 4. The van der Waals surface area contributed by atoms with Gasteiger partial charge in [0, 0.05) is 44.5 Å². The van der Waals surface area contributed by atoms with Crippen LogP contribution in [0.1, 0.15) is 44.7 Å². The molecule has 0 saturated carbocycles. The molecule has 3 rings (SSSR count). The highest BCUT2D eigenvalue weighted by Crippen LogP contribution is 2.30. The summed E-state index contributed by atoms with van der Waals surface area (Å²) in [5.41, 5.74) is 1.09. The number of rotatable bonds is 5. The number of ether oxygens (including phenoxy) is 1. The van der Waals surface area contributed by atoms with Gasteiger partial charge in [0.05, 0.1) is 24.9 Å². The van der Waals surface area contributed by atoms with Crippen molar-refractivity contribution in [3.63, 3.8) is 0 Å². The molecule has 1 aromatic rings. The predicted octanol–water partition coefficient (Wildman–Crippen LogP) is 2.00. The van der Waals surface area contributed by atoms with Gasteiger partial charge in [0.1, 0.15) is 0 Å². The van der Waals surface area contributed by atoms with Crippen molar-refractivity contribution < 1.29 is 9.53 Å². The third kappa shape index (κ3) is 4.95. The van der Waals surface area contributed by atoms with Crippen molar-refractivity contribution in [2.45, 2.75) is 45.3 Å². The van der Waals surface area contributed by atoms with Gasteiger partial charge in [-0.15, -0.1) is 0 Å². The van der Waals surface area contributed by atoms with Gasteiger partial charge in [0.2, 0.25) is 0 Å². The minimum absolute atomic E-state index is 0.00971. The van der Waals surface area contributed by atoms with Gasteiger partial charge in [-0.3, -0.25) is 10.00 Å². The minimum Gasteiger partial charge on any atom is -0.374 e. The molecule has 7 nitrogen and oxygen atoms in total. The van der Waals surface area contributed by atoms with Gasteiger partial charge in [-0.1, -0.05) is 13.8 Å². The first kappa shape index (κ1) is 18.2. The highest BCUT2D eigenvalue weighted by atomic mass is 16.5. The first-order valence-electron chi connectivity index (χ1n) is 9.50. The fourth-order valence-electron chi connectivity index (χ4n) is 3.85. The molecule has 0 unspecified atom stereocenters. The number of H-pyrrole nitrogens is 1. The van der Waals surface area contributed by atoms with Crippen LogP contribution in [-0.4, -0.2) is 71.5 Å². The molecule has 2 N–H and O–H groups in total. The molecule has 0 aromatic carbocycles. The number of urea groups is 1. The number of amides is 2. The van der Waals surface area contributed by atoms with Gasteiger partial charge < -0.3 is 15.0 Å². The molecule has 2 atom stereocenters. The number of piperidine rings is 1. The lowest BCUT2D eigenvalue weighted by Gasteiger charge is -2.37. The molecule has 2 fully saturated rings. The Labute approximate surface area is 150 Å². The SMILES string of the molecule is CC(C)CN1CCO[C@H](CNC(=O)N2CCCC[C@@H]2c2cn[nH]c2)C1. The lowest BCUT2D eigenvalue weighted by Crippen LogP contribution is -2.51. The van der Waals surface area contributed by atoms with Gasteiger partial charge in [0.25, 0.3) is 0 Å². The molecule has 0 spiro atoms. The van der Waals surface area contributed by atoms with E-state index in [0.717, 1.165) is 57.6 Å². The van der Waals surface area contributed by atoms with E-state index in [1.807, 2.05) is 17.3 Å². The molecule has 2 saturated heterocycles. The maximum Gasteiger partial charge on any atom is 0.318 e. The lowest BCUT2D eigenvalue weighted by molar-refractivity contribution is -0.0296. The van der Waals surface area contributed by atoms with Crippen molar-refractivity contribution in [2.75, 3.05) is 39.3 Å². The Balaban J connectivity index is 1.51. The summed E-state index contributed by atoms with van der Waals surface area (Å²) in [5.74, 6) is 0.650. The number of hydrogen-bond donors (Lipinski definition) is 2. The number of nitrogens with one attached hydrogen (secondary N) is 2. The molecule has 140 valence electrons. The van der Waals surface area contributed by atoms with E-state index in [4.69, 9.17) is 4.74 Å². The van der Waals surface area contributed by atoms with Crippen LogP contribution in [0.5, 0.6) is 0 Å². The van der Waals surface area contributed by atoms with Gasteiger partial charge in [-0.05, 0) is 25.2 Å². The van der Waals surface area contributed by atoms with Crippen LogP contribution in [0.25, 0.3) is 0 Å². The number of carbonyl (C=O) groups is 1. The summed E-state index contributed by atoms with van der Waals surface area (Å²) in [6.45, 7) is 9.55. The van der Waals surface area contributed by atoms with E-state index in [2.05, 4.69) is 34.3 Å². The fraction of sp³-hybridized carbons (Fsp3) is 0.778. The molecular formula is C18H31N5O2. The van der Waals surface area contributed by atoms with Crippen molar-refractivity contribution in [3.05, 3.63) is 18.0 Å². The Morgan fingerprint density at radius 1 is 1.44 bits per heavy atom. The third-order valence-electron chi connectivity index (χ3n) is 5.00. The predicted molar refractivity (Wildman–Crippen MR) is 96.3 cm³/mol. The minimum atomic E-state index is 0.00971.